The lowest BCUT2D eigenvalue weighted by Gasteiger charge is -2.17. The maximum absolute atomic E-state index is 12.6. The highest BCUT2D eigenvalue weighted by molar-refractivity contribution is 5.94. The molecule has 0 aliphatic heterocycles. The van der Waals surface area contributed by atoms with Crippen molar-refractivity contribution in [2.24, 2.45) is 0 Å². The molecule has 0 spiro atoms. The Labute approximate surface area is 141 Å². The maximum atomic E-state index is 12.6. The molecule has 1 aromatic carbocycles. The number of carbonyl (C=O) groups excluding carboxylic acids is 1. The minimum Gasteiger partial charge on any atom is -0.469 e. The van der Waals surface area contributed by atoms with E-state index in [4.69, 9.17) is 4.42 Å². The molecule has 0 aliphatic rings. The highest BCUT2D eigenvalue weighted by Gasteiger charge is 2.20. The van der Waals surface area contributed by atoms with E-state index < -0.39 is 0 Å². The van der Waals surface area contributed by atoms with Crippen molar-refractivity contribution in [2.45, 2.75) is 27.3 Å². The highest BCUT2D eigenvalue weighted by atomic mass is 16.3. The molecule has 0 bridgehead atoms. The van der Waals surface area contributed by atoms with E-state index in [1.807, 2.05) is 48.9 Å². The summed E-state index contributed by atoms with van der Waals surface area (Å²) in [5.74, 6) is 0.591. The standard InChI is InChI=1S/C19H21N3O2/c1-13-18(12-21(4)19(23)17-10-11-24-15(17)3)14(2)22(20-13)16-8-6-5-7-9-16/h5-11H,12H2,1-4H3. The SMILES string of the molecule is Cc1nn(-c2ccccc2)c(C)c1CN(C)C(=O)c1ccoc1C. The predicted octanol–water partition coefficient (Wildman–Crippen LogP) is 3.66. The third-order valence-electron chi connectivity index (χ3n) is 4.27. The Morgan fingerprint density at radius 1 is 1.17 bits per heavy atom. The molecule has 0 atom stereocenters. The Hall–Kier alpha value is -2.82. The molecule has 3 rings (SSSR count). The van der Waals surface area contributed by atoms with Crippen molar-refractivity contribution >= 4 is 5.91 Å². The molecule has 0 aliphatic carbocycles. The van der Waals surface area contributed by atoms with Crippen LogP contribution in [0.3, 0.4) is 0 Å². The molecule has 0 fully saturated rings. The number of rotatable bonds is 4. The first kappa shape index (κ1) is 16.1. The van der Waals surface area contributed by atoms with Gasteiger partial charge in [-0.05, 0) is 39.0 Å². The minimum atomic E-state index is -0.0486. The van der Waals surface area contributed by atoms with E-state index >= 15 is 0 Å². The fraction of sp³-hybridized carbons (Fsp3) is 0.263. The van der Waals surface area contributed by atoms with Crippen LogP contribution in [0.2, 0.25) is 0 Å². The molecule has 24 heavy (non-hydrogen) atoms. The first-order valence-electron chi connectivity index (χ1n) is 7.89. The average molecular weight is 323 g/mol. The molecule has 124 valence electrons. The van der Waals surface area contributed by atoms with E-state index in [-0.39, 0.29) is 5.91 Å². The fourth-order valence-corrected chi connectivity index (χ4v) is 2.85. The van der Waals surface area contributed by atoms with Crippen molar-refractivity contribution in [3.63, 3.8) is 0 Å². The number of carbonyl (C=O) groups is 1. The molecule has 0 saturated heterocycles. The van der Waals surface area contributed by atoms with Gasteiger partial charge in [0.25, 0.3) is 5.91 Å². The second-order valence-corrected chi connectivity index (χ2v) is 5.95. The number of aromatic nitrogens is 2. The molecule has 0 unspecified atom stereocenters. The monoisotopic (exact) mass is 323 g/mol. The molecule has 5 heteroatoms. The van der Waals surface area contributed by atoms with E-state index in [1.165, 1.54) is 0 Å². The number of benzene rings is 1. The van der Waals surface area contributed by atoms with Gasteiger partial charge in [-0.1, -0.05) is 18.2 Å². The van der Waals surface area contributed by atoms with Crippen LogP contribution in [-0.2, 0) is 6.54 Å². The molecule has 0 saturated carbocycles. The number of hydrogen-bond donors (Lipinski definition) is 0. The van der Waals surface area contributed by atoms with Crippen molar-refractivity contribution < 1.29 is 9.21 Å². The van der Waals surface area contributed by atoms with Crippen LogP contribution in [-0.4, -0.2) is 27.6 Å². The highest BCUT2D eigenvalue weighted by Crippen LogP contribution is 2.20. The fourth-order valence-electron chi connectivity index (χ4n) is 2.85. The van der Waals surface area contributed by atoms with Crippen molar-refractivity contribution in [3.8, 4) is 5.69 Å². The Morgan fingerprint density at radius 2 is 1.88 bits per heavy atom. The summed E-state index contributed by atoms with van der Waals surface area (Å²) in [7, 11) is 1.80. The third kappa shape index (κ3) is 2.85. The lowest BCUT2D eigenvalue weighted by Crippen LogP contribution is -2.26. The minimum absolute atomic E-state index is 0.0486. The van der Waals surface area contributed by atoms with Gasteiger partial charge in [-0.3, -0.25) is 4.79 Å². The van der Waals surface area contributed by atoms with Crippen molar-refractivity contribution in [3.05, 3.63) is 70.9 Å². The molecule has 0 N–H and O–H groups in total. The first-order chi connectivity index (χ1) is 11.5. The zero-order chi connectivity index (χ0) is 17.3. The lowest BCUT2D eigenvalue weighted by atomic mass is 10.1. The summed E-state index contributed by atoms with van der Waals surface area (Å²) in [5, 5.41) is 4.63. The zero-order valence-electron chi connectivity index (χ0n) is 14.4. The van der Waals surface area contributed by atoms with Gasteiger partial charge in [0.1, 0.15) is 5.76 Å². The van der Waals surface area contributed by atoms with Crippen LogP contribution < -0.4 is 0 Å². The van der Waals surface area contributed by atoms with Crippen molar-refractivity contribution in [2.75, 3.05) is 7.05 Å². The van der Waals surface area contributed by atoms with Gasteiger partial charge in [-0.2, -0.15) is 5.10 Å². The molecular weight excluding hydrogens is 302 g/mol. The summed E-state index contributed by atoms with van der Waals surface area (Å²) in [6, 6.07) is 11.7. The number of para-hydroxylation sites is 1. The van der Waals surface area contributed by atoms with Gasteiger partial charge < -0.3 is 9.32 Å². The largest absolute Gasteiger partial charge is 0.469 e. The van der Waals surface area contributed by atoms with Crippen LogP contribution in [0, 0.1) is 20.8 Å². The molecular formula is C19H21N3O2. The van der Waals surface area contributed by atoms with Gasteiger partial charge >= 0.3 is 0 Å². The van der Waals surface area contributed by atoms with Crippen LogP contribution in [0.15, 0.2) is 47.1 Å². The summed E-state index contributed by atoms with van der Waals surface area (Å²) in [4.78, 5) is 14.3. The third-order valence-corrected chi connectivity index (χ3v) is 4.27. The van der Waals surface area contributed by atoms with Crippen LogP contribution >= 0.6 is 0 Å². The van der Waals surface area contributed by atoms with Gasteiger partial charge in [0.2, 0.25) is 0 Å². The summed E-state index contributed by atoms with van der Waals surface area (Å²) in [5.41, 5.74) is 4.66. The lowest BCUT2D eigenvalue weighted by molar-refractivity contribution is 0.0783. The molecule has 3 aromatic rings. The molecule has 0 radical (unpaired) electrons. The van der Waals surface area contributed by atoms with Crippen molar-refractivity contribution in [1.29, 1.82) is 0 Å². The van der Waals surface area contributed by atoms with E-state index in [0.717, 1.165) is 22.6 Å². The number of nitrogens with zero attached hydrogens (tertiary/aromatic N) is 3. The maximum Gasteiger partial charge on any atom is 0.257 e. The van der Waals surface area contributed by atoms with Gasteiger partial charge in [-0.25, -0.2) is 4.68 Å². The molecule has 5 nitrogen and oxygen atoms in total. The topological polar surface area (TPSA) is 51.3 Å². The quantitative estimate of drug-likeness (QED) is 0.736. The second kappa shape index (κ2) is 6.35. The van der Waals surface area contributed by atoms with Crippen LogP contribution in [0.25, 0.3) is 5.69 Å². The van der Waals surface area contributed by atoms with Crippen LogP contribution in [0.5, 0.6) is 0 Å². The summed E-state index contributed by atoms with van der Waals surface area (Å²) in [6.07, 6.45) is 1.54. The Balaban J connectivity index is 1.87. The summed E-state index contributed by atoms with van der Waals surface area (Å²) < 4.78 is 7.15. The Bertz CT molecular complexity index is 862. The molecule has 1 amide bonds. The smallest absolute Gasteiger partial charge is 0.257 e. The number of amides is 1. The summed E-state index contributed by atoms with van der Waals surface area (Å²) >= 11 is 0. The van der Waals surface area contributed by atoms with Crippen LogP contribution in [0.1, 0.15) is 33.1 Å². The van der Waals surface area contributed by atoms with Crippen LogP contribution in [0.4, 0.5) is 0 Å². The average Bonchev–Trinajstić information content (AvgIpc) is 3.13. The normalized spacial score (nSPS) is 10.8. The Morgan fingerprint density at radius 3 is 2.50 bits per heavy atom. The zero-order valence-corrected chi connectivity index (χ0v) is 14.4. The van der Waals surface area contributed by atoms with E-state index in [1.54, 1.807) is 31.2 Å². The van der Waals surface area contributed by atoms with E-state index in [9.17, 15) is 4.79 Å². The van der Waals surface area contributed by atoms with E-state index in [2.05, 4.69) is 5.10 Å². The molecule has 2 heterocycles. The summed E-state index contributed by atoms with van der Waals surface area (Å²) in [6.45, 7) is 6.31. The number of hydrogen-bond acceptors (Lipinski definition) is 3. The van der Waals surface area contributed by atoms with E-state index in [0.29, 0.717) is 17.9 Å². The van der Waals surface area contributed by atoms with Crippen molar-refractivity contribution in [1.82, 2.24) is 14.7 Å². The second-order valence-electron chi connectivity index (χ2n) is 5.95. The Kier molecular flexibility index (Phi) is 4.25. The number of aryl methyl sites for hydroxylation is 2. The van der Waals surface area contributed by atoms with Gasteiger partial charge in [0, 0.05) is 24.8 Å². The first-order valence-corrected chi connectivity index (χ1v) is 7.89. The van der Waals surface area contributed by atoms with Gasteiger partial charge in [-0.15, -0.1) is 0 Å². The van der Waals surface area contributed by atoms with Gasteiger partial charge in [0.15, 0.2) is 0 Å². The molecule has 2 aromatic heterocycles. The number of furan rings is 1. The van der Waals surface area contributed by atoms with Gasteiger partial charge in [0.05, 0.1) is 23.2 Å². The predicted molar refractivity (Wildman–Crippen MR) is 92.3 cm³/mol.